The van der Waals surface area contributed by atoms with Crippen LogP contribution in [0.3, 0.4) is 0 Å². The Labute approximate surface area is 82.0 Å². The lowest BCUT2D eigenvalue weighted by molar-refractivity contribution is 0.285. The summed E-state index contributed by atoms with van der Waals surface area (Å²) in [6.07, 6.45) is -0.445. The number of halogens is 1. The van der Waals surface area contributed by atoms with E-state index in [0.29, 0.717) is 10.8 Å². The zero-order valence-electron chi connectivity index (χ0n) is 7.25. The average molecular weight is 199 g/mol. The average Bonchev–Trinajstić information content (AvgIpc) is 2.08. The maximum absolute atomic E-state index is 7.13. The molecule has 0 spiro atoms. The molecule has 1 aromatic carbocycles. The number of para-hydroxylation sites is 1. The van der Waals surface area contributed by atoms with Crippen molar-refractivity contribution >= 4 is 17.4 Å². The molecular weight excluding hydrogens is 188 g/mol. The Hall–Kier alpha value is -1.22. The molecule has 1 unspecified atom stereocenters. The number of rotatable bonds is 3. The van der Waals surface area contributed by atoms with E-state index in [4.69, 9.17) is 27.5 Å². The van der Waals surface area contributed by atoms with Crippen molar-refractivity contribution in [2.75, 3.05) is 0 Å². The van der Waals surface area contributed by atoms with Crippen molar-refractivity contribution < 1.29 is 4.74 Å². The maximum atomic E-state index is 7.13. The highest BCUT2D eigenvalue weighted by atomic mass is 35.5. The molecule has 3 nitrogen and oxygen atoms in total. The van der Waals surface area contributed by atoms with Crippen molar-refractivity contribution in [3.05, 3.63) is 29.3 Å². The van der Waals surface area contributed by atoms with E-state index < -0.39 is 6.10 Å². The number of nitrogens with two attached hydrogens (primary N) is 1. The largest absolute Gasteiger partial charge is 0.481 e. The molecule has 0 heterocycles. The molecule has 1 aromatic rings. The summed E-state index contributed by atoms with van der Waals surface area (Å²) in [7, 11) is 0. The minimum absolute atomic E-state index is 0.0140. The SMILES string of the molecule is CC(Oc1ccccc1Cl)C(=N)N. The van der Waals surface area contributed by atoms with Gasteiger partial charge in [0.25, 0.3) is 0 Å². The number of hydrogen-bond donors (Lipinski definition) is 2. The molecule has 0 saturated heterocycles. The second-order valence-corrected chi connectivity index (χ2v) is 3.05. The first-order valence-corrected chi connectivity index (χ1v) is 4.24. The third-order valence-electron chi connectivity index (χ3n) is 1.58. The molecule has 0 aliphatic rings. The normalized spacial score (nSPS) is 12.2. The molecule has 0 bridgehead atoms. The van der Waals surface area contributed by atoms with E-state index in [1.807, 2.05) is 12.1 Å². The van der Waals surface area contributed by atoms with E-state index >= 15 is 0 Å². The Kier molecular flexibility index (Phi) is 3.14. The monoisotopic (exact) mass is 198 g/mol. The number of amidine groups is 1. The summed E-state index contributed by atoms with van der Waals surface area (Å²) < 4.78 is 5.33. The van der Waals surface area contributed by atoms with Crippen LogP contribution in [-0.2, 0) is 0 Å². The third-order valence-corrected chi connectivity index (χ3v) is 1.89. The van der Waals surface area contributed by atoms with Gasteiger partial charge >= 0.3 is 0 Å². The lowest BCUT2D eigenvalue weighted by Crippen LogP contribution is -2.30. The Morgan fingerprint density at radius 1 is 1.54 bits per heavy atom. The first-order valence-electron chi connectivity index (χ1n) is 3.86. The van der Waals surface area contributed by atoms with Crippen LogP contribution < -0.4 is 10.5 Å². The zero-order valence-corrected chi connectivity index (χ0v) is 8.01. The minimum Gasteiger partial charge on any atom is -0.481 e. The molecule has 3 N–H and O–H groups in total. The van der Waals surface area contributed by atoms with E-state index in [-0.39, 0.29) is 5.84 Å². The summed E-state index contributed by atoms with van der Waals surface area (Å²) in [5.41, 5.74) is 5.25. The molecule has 1 rings (SSSR count). The predicted molar refractivity (Wildman–Crippen MR) is 53.5 cm³/mol. The van der Waals surface area contributed by atoms with Crippen LogP contribution in [0.15, 0.2) is 24.3 Å². The van der Waals surface area contributed by atoms with Gasteiger partial charge in [-0.25, -0.2) is 0 Å². The van der Waals surface area contributed by atoms with Crippen LogP contribution >= 0.6 is 11.6 Å². The number of nitrogens with one attached hydrogen (secondary N) is 1. The maximum Gasteiger partial charge on any atom is 0.152 e. The molecule has 0 amide bonds. The molecule has 70 valence electrons. The van der Waals surface area contributed by atoms with Crippen molar-refractivity contribution in [3.8, 4) is 5.75 Å². The third kappa shape index (κ3) is 2.63. The summed E-state index contributed by atoms with van der Waals surface area (Å²) >= 11 is 5.84. The zero-order chi connectivity index (χ0) is 9.84. The molecular formula is C9H11ClN2O. The van der Waals surface area contributed by atoms with Gasteiger partial charge in [0.2, 0.25) is 0 Å². The second kappa shape index (κ2) is 4.14. The lowest BCUT2D eigenvalue weighted by Gasteiger charge is -2.13. The summed E-state index contributed by atoms with van der Waals surface area (Å²) in [4.78, 5) is 0. The Morgan fingerprint density at radius 2 is 2.15 bits per heavy atom. The number of benzene rings is 1. The van der Waals surface area contributed by atoms with E-state index in [0.717, 1.165) is 0 Å². The fourth-order valence-corrected chi connectivity index (χ4v) is 0.975. The number of ether oxygens (including phenoxy) is 1. The van der Waals surface area contributed by atoms with Gasteiger partial charge in [0.15, 0.2) is 6.10 Å². The Balaban J connectivity index is 2.74. The first-order chi connectivity index (χ1) is 6.11. The molecule has 0 fully saturated rings. The topological polar surface area (TPSA) is 59.1 Å². The van der Waals surface area contributed by atoms with Crippen LogP contribution in [0.25, 0.3) is 0 Å². The van der Waals surface area contributed by atoms with Crippen LogP contribution in [0.5, 0.6) is 5.75 Å². The molecule has 0 radical (unpaired) electrons. The van der Waals surface area contributed by atoms with Gasteiger partial charge < -0.3 is 10.5 Å². The fraction of sp³-hybridized carbons (Fsp3) is 0.222. The van der Waals surface area contributed by atoms with E-state index in [2.05, 4.69) is 0 Å². The van der Waals surface area contributed by atoms with Gasteiger partial charge in [-0.15, -0.1) is 0 Å². The van der Waals surface area contributed by atoms with Gasteiger partial charge in [0, 0.05) is 0 Å². The molecule has 0 aliphatic heterocycles. The van der Waals surface area contributed by atoms with Gasteiger partial charge in [0.1, 0.15) is 11.6 Å². The standard InChI is InChI=1S/C9H11ClN2O/c1-6(9(11)12)13-8-5-3-2-4-7(8)10/h2-6H,1H3,(H3,11,12). The van der Waals surface area contributed by atoms with Gasteiger partial charge in [-0.05, 0) is 19.1 Å². The first kappa shape index (κ1) is 9.86. The molecule has 13 heavy (non-hydrogen) atoms. The van der Waals surface area contributed by atoms with Gasteiger partial charge in [-0.2, -0.15) is 0 Å². The Bertz CT molecular complexity index is 314. The lowest BCUT2D eigenvalue weighted by atomic mass is 10.3. The van der Waals surface area contributed by atoms with Crippen LogP contribution in [0, 0.1) is 5.41 Å². The second-order valence-electron chi connectivity index (χ2n) is 2.65. The van der Waals surface area contributed by atoms with Crippen LogP contribution in [-0.4, -0.2) is 11.9 Å². The van der Waals surface area contributed by atoms with Crippen LogP contribution in [0.4, 0.5) is 0 Å². The van der Waals surface area contributed by atoms with Crippen LogP contribution in [0.2, 0.25) is 5.02 Å². The fourth-order valence-electron chi connectivity index (χ4n) is 0.794. The highest BCUT2D eigenvalue weighted by Gasteiger charge is 2.08. The van der Waals surface area contributed by atoms with Gasteiger partial charge in [-0.1, -0.05) is 23.7 Å². The van der Waals surface area contributed by atoms with Crippen molar-refractivity contribution in [1.29, 1.82) is 5.41 Å². The van der Waals surface area contributed by atoms with Crippen molar-refractivity contribution in [1.82, 2.24) is 0 Å². The van der Waals surface area contributed by atoms with E-state index in [9.17, 15) is 0 Å². The summed E-state index contributed by atoms with van der Waals surface area (Å²) in [5, 5.41) is 7.65. The van der Waals surface area contributed by atoms with E-state index in [1.54, 1.807) is 19.1 Å². The highest BCUT2D eigenvalue weighted by molar-refractivity contribution is 6.32. The van der Waals surface area contributed by atoms with Gasteiger partial charge in [0.05, 0.1) is 5.02 Å². The summed E-state index contributed by atoms with van der Waals surface area (Å²) in [6, 6.07) is 7.09. The molecule has 4 heteroatoms. The van der Waals surface area contributed by atoms with Gasteiger partial charge in [-0.3, -0.25) is 5.41 Å². The highest BCUT2D eigenvalue weighted by Crippen LogP contribution is 2.23. The molecule has 1 atom stereocenters. The Morgan fingerprint density at radius 3 is 2.69 bits per heavy atom. The molecule has 0 aliphatic carbocycles. The summed E-state index contributed by atoms with van der Waals surface area (Å²) in [5.74, 6) is 0.534. The molecule has 0 saturated carbocycles. The van der Waals surface area contributed by atoms with Crippen LogP contribution in [0.1, 0.15) is 6.92 Å². The smallest absolute Gasteiger partial charge is 0.152 e. The van der Waals surface area contributed by atoms with Crippen molar-refractivity contribution in [2.45, 2.75) is 13.0 Å². The molecule has 0 aromatic heterocycles. The predicted octanol–water partition coefficient (Wildman–Crippen LogP) is 2.04. The van der Waals surface area contributed by atoms with Crippen molar-refractivity contribution in [3.63, 3.8) is 0 Å². The quantitative estimate of drug-likeness (QED) is 0.577. The van der Waals surface area contributed by atoms with E-state index in [1.165, 1.54) is 0 Å². The summed E-state index contributed by atoms with van der Waals surface area (Å²) in [6.45, 7) is 1.70. The number of hydrogen-bond acceptors (Lipinski definition) is 2. The van der Waals surface area contributed by atoms with Crippen molar-refractivity contribution in [2.24, 2.45) is 5.73 Å². The minimum atomic E-state index is -0.445.